The molecule has 1 saturated heterocycles. The molecule has 0 bridgehead atoms. The van der Waals surface area contributed by atoms with Gasteiger partial charge in [0.2, 0.25) is 5.91 Å². The predicted molar refractivity (Wildman–Crippen MR) is 76.9 cm³/mol. The van der Waals surface area contributed by atoms with E-state index in [-0.39, 0.29) is 24.6 Å². The number of amides is 3. The van der Waals surface area contributed by atoms with Gasteiger partial charge < -0.3 is 10.4 Å². The number of imide groups is 1. The van der Waals surface area contributed by atoms with Crippen molar-refractivity contribution >= 4 is 45.6 Å². The summed E-state index contributed by atoms with van der Waals surface area (Å²) < 4.78 is 0.778. The van der Waals surface area contributed by atoms with Crippen molar-refractivity contribution in [2.45, 2.75) is 4.90 Å². The molecule has 1 aliphatic heterocycles. The summed E-state index contributed by atoms with van der Waals surface area (Å²) in [6.07, 6.45) is 0. The fourth-order valence-corrected chi connectivity index (χ4v) is 3.25. The Hall–Kier alpha value is -1.54. The molecule has 0 unspecified atom stereocenters. The van der Waals surface area contributed by atoms with Gasteiger partial charge in [-0.2, -0.15) is 0 Å². The molecule has 1 fully saturated rings. The van der Waals surface area contributed by atoms with Crippen molar-refractivity contribution in [1.82, 2.24) is 10.2 Å². The molecule has 0 atom stereocenters. The number of carbonyl (C=O) groups excluding carboxylic acids is 2. The van der Waals surface area contributed by atoms with Crippen molar-refractivity contribution in [3.05, 3.63) is 28.2 Å². The number of hydrogen-bond donors (Lipinski definition) is 2. The Morgan fingerprint density at radius 2 is 2.20 bits per heavy atom. The molecule has 0 aromatic heterocycles. The Labute approximate surface area is 127 Å². The highest BCUT2D eigenvalue weighted by atomic mass is 79.9. The van der Waals surface area contributed by atoms with E-state index in [1.807, 2.05) is 0 Å². The SMILES string of the molecule is O=C(O)c1ccc(Br)cc1SCCN1C(=O)CNC1=O. The summed E-state index contributed by atoms with van der Waals surface area (Å²) in [5, 5.41) is 11.5. The summed E-state index contributed by atoms with van der Waals surface area (Å²) in [6.45, 7) is 0.279. The third-order valence-corrected chi connectivity index (χ3v) is 4.21. The van der Waals surface area contributed by atoms with E-state index in [1.165, 1.54) is 17.8 Å². The quantitative estimate of drug-likeness (QED) is 0.618. The minimum Gasteiger partial charge on any atom is -0.478 e. The number of urea groups is 1. The predicted octanol–water partition coefficient (Wildman–Crippen LogP) is 1.79. The van der Waals surface area contributed by atoms with Crippen molar-refractivity contribution in [2.24, 2.45) is 0 Å². The summed E-state index contributed by atoms with van der Waals surface area (Å²) in [5.41, 5.74) is 0.204. The van der Waals surface area contributed by atoms with Crippen LogP contribution in [0.25, 0.3) is 0 Å². The maximum atomic E-state index is 11.4. The smallest absolute Gasteiger partial charge is 0.336 e. The number of rotatable bonds is 5. The fourth-order valence-electron chi connectivity index (χ4n) is 1.72. The fraction of sp³-hybridized carbons (Fsp3) is 0.250. The van der Waals surface area contributed by atoms with Crippen molar-refractivity contribution in [2.75, 3.05) is 18.8 Å². The van der Waals surface area contributed by atoms with Gasteiger partial charge in [0.1, 0.15) is 0 Å². The third kappa shape index (κ3) is 3.31. The summed E-state index contributed by atoms with van der Waals surface area (Å²) in [6, 6.07) is 4.48. The summed E-state index contributed by atoms with van der Waals surface area (Å²) in [4.78, 5) is 35.6. The van der Waals surface area contributed by atoms with Gasteiger partial charge in [-0.05, 0) is 18.2 Å². The molecule has 6 nitrogen and oxygen atoms in total. The van der Waals surface area contributed by atoms with Crippen molar-refractivity contribution in [1.29, 1.82) is 0 Å². The zero-order valence-corrected chi connectivity index (χ0v) is 12.7. The van der Waals surface area contributed by atoms with Gasteiger partial charge in [0.25, 0.3) is 0 Å². The van der Waals surface area contributed by atoms with Crippen LogP contribution in [0, 0.1) is 0 Å². The summed E-state index contributed by atoms with van der Waals surface area (Å²) >= 11 is 4.58. The van der Waals surface area contributed by atoms with E-state index in [9.17, 15) is 14.4 Å². The average Bonchev–Trinajstić information content (AvgIpc) is 2.70. The van der Waals surface area contributed by atoms with Gasteiger partial charge in [-0.1, -0.05) is 15.9 Å². The van der Waals surface area contributed by atoms with Gasteiger partial charge in [0.05, 0.1) is 12.1 Å². The minimum atomic E-state index is -1.00. The van der Waals surface area contributed by atoms with Gasteiger partial charge >= 0.3 is 12.0 Å². The third-order valence-electron chi connectivity index (χ3n) is 2.68. The van der Waals surface area contributed by atoms with Crippen molar-refractivity contribution in [3.8, 4) is 0 Å². The lowest BCUT2D eigenvalue weighted by Crippen LogP contribution is -2.32. The molecule has 1 heterocycles. The standard InChI is InChI=1S/C12H11BrN2O4S/c13-7-1-2-8(11(17)18)9(5-7)20-4-3-15-10(16)6-14-12(15)19/h1-2,5H,3-4,6H2,(H,14,19)(H,17,18). The lowest BCUT2D eigenvalue weighted by atomic mass is 10.2. The van der Waals surface area contributed by atoms with Gasteiger partial charge in [-0.15, -0.1) is 11.8 Å². The van der Waals surface area contributed by atoms with E-state index in [1.54, 1.807) is 12.1 Å². The number of carbonyl (C=O) groups is 3. The second-order valence-corrected chi connectivity index (χ2v) is 6.05. The molecule has 3 amide bonds. The van der Waals surface area contributed by atoms with Crippen LogP contribution in [0.15, 0.2) is 27.6 Å². The van der Waals surface area contributed by atoms with E-state index in [4.69, 9.17) is 5.11 Å². The zero-order chi connectivity index (χ0) is 14.7. The first-order valence-corrected chi connectivity index (χ1v) is 7.50. The van der Waals surface area contributed by atoms with Crippen LogP contribution in [0.5, 0.6) is 0 Å². The highest BCUT2D eigenvalue weighted by Crippen LogP contribution is 2.26. The van der Waals surface area contributed by atoms with E-state index < -0.39 is 12.0 Å². The van der Waals surface area contributed by atoms with E-state index in [2.05, 4.69) is 21.2 Å². The number of carboxylic acids is 1. The Balaban J connectivity index is 2.00. The normalized spacial score (nSPS) is 14.6. The highest BCUT2D eigenvalue weighted by molar-refractivity contribution is 9.10. The lowest BCUT2D eigenvalue weighted by Gasteiger charge is -2.12. The van der Waals surface area contributed by atoms with Crippen molar-refractivity contribution < 1.29 is 19.5 Å². The molecule has 8 heteroatoms. The number of nitrogens with one attached hydrogen (secondary N) is 1. The van der Waals surface area contributed by atoms with Crippen LogP contribution in [0.3, 0.4) is 0 Å². The molecular formula is C12H11BrN2O4S. The van der Waals surface area contributed by atoms with Gasteiger partial charge in [-0.25, -0.2) is 9.59 Å². The molecule has 20 heavy (non-hydrogen) atoms. The van der Waals surface area contributed by atoms with Crippen LogP contribution in [-0.2, 0) is 4.79 Å². The number of aromatic carboxylic acids is 1. The monoisotopic (exact) mass is 358 g/mol. The van der Waals surface area contributed by atoms with Crippen molar-refractivity contribution in [3.63, 3.8) is 0 Å². The number of halogens is 1. The van der Waals surface area contributed by atoms with Crippen LogP contribution in [-0.4, -0.2) is 46.8 Å². The van der Waals surface area contributed by atoms with Crippen LogP contribution in [0.2, 0.25) is 0 Å². The van der Waals surface area contributed by atoms with Gasteiger partial charge in [0, 0.05) is 21.7 Å². The second kappa shape index (κ2) is 6.27. The molecule has 1 aromatic carbocycles. The Kier molecular flexibility index (Phi) is 4.66. The number of benzene rings is 1. The van der Waals surface area contributed by atoms with Crippen LogP contribution >= 0.6 is 27.7 Å². The first kappa shape index (κ1) is 14.9. The molecule has 0 radical (unpaired) electrons. The van der Waals surface area contributed by atoms with Gasteiger partial charge in [0.15, 0.2) is 0 Å². The van der Waals surface area contributed by atoms with Gasteiger partial charge in [-0.3, -0.25) is 9.69 Å². The average molecular weight is 359 g/mol. The minimum absolute atomic E-state index is 0.0285. The molecular weight excluding hydrogens is 348 g/mol. The summed E-state index contributed by atoms with van der Waals surface area (Å²) in [5.74, 6) is -0.825. The Morgan fingerprint density at radius 1 is 1.45 bits per heavy atom. The first-order chi connectivity index (χ1) is 9.49. The number of carboxylic acid groups (broad SMARTS) is 1. The number of nitrogens with zero attached hydrogens (tertiary/aromatic N) is 1. The molecule has 1 aromatic rings. The Bertz CT molecular complexity index is 563. The van der Waals surface area contributed by atoms with E-state index in [0.29, 0.717) is 10.6 Å². The molecule has 106 valence electrons. The molecule has 0 saturated carbocycles. The Morgan fingerprint density at radius 3 is 2.80 bits per heavy atom. The molecule has 1 aliphatic rings. The second-order valence-electron chi connectivity index (χ2n) is 4.00. The van der Waals surface area contributed by atoms with Crippen LogP contribution < -0.4 is 5.32 Å². The zero-order valence-electron chi connectivity index (χ0n) is 10.3. The molecule has 2 rings (SSSR count). The molecule has 0 aliphatic carbocycles. The summed E-state index contributed by atoms with van der Waals surface area (Å²) in [7, 11) is 0. The molecule has 2 N–H and O–H groups in total. The maximum Gasteiger partial charge on any atom is 0.336 e. The molecule has 0 spiro atoms. The van der Waals surface area contributed by atoms with E-state index in [0.717, 1.165) is 9.37 Å². The van der Waals surface area contributed by atoms with E-state index >= 15 is 0 Å². The lowest BCUT2D eigenvalue weighted by molar-refractivity contribution is -0.124. The van der Waals surface area contributed by atoms with Crippen LogP contribution in [0.4, 0.5) is 4.79 Å². The maximum absolute atomic E-state index is 11.4. The number of thioether (sulfide) groups is 1. The van der Waals surface area contributed by atoms with Crippen LogP contribution in [0.1, 0.15) is 10.4 Å². The topological polar surface area (TPSA) is 86.7 Å². The number of hydrogen-bond acceptors (Lipinski definition) is 4. The largest absolute Gasteiger partial charge is 0.478 e. The first-order valence-electron chi connectivity index (χ1n) is 5.73. The highest BCUT2D eigenvalue weighted by Gasteiger charge is 2.27.